The number of carbonyl (C=O) groups is 2. The van der Waals surface area contributed by atoms with Gasteiger partial charge in [-0.1, -0.05) is 179 Å². The molecule has 0 saturated heterocycles. The SMILES string of the molecule is CCCCCC/C=C\C/C=C\CCCCCCCC(=O)OC(COC(=O)CCCCCCCCCCCCCCCCCCC)COP(=O)(O)OCC[N+](C)(C)C. The maximum absolute atomic E-state index is 12.7. The highest BCUT2D eigenvalue weighted by Gasteiger charge is 2.27. The number of allylic oxidation sites excluding steroid dienone is 4. The molecule has 0 amide bonds. The van der Waals surface area contributed by atoms with Crippen LogP contribution in [-0.2, 0) is 32.7 Å². The predicted molar refractivity (Wildman–Crippen MR) is 238 cm³/mol. The first-order chi connectivity index (χ1) is 27.5. The second kappa shape index (κ2) is 39.9. The molecule has 9 nitrogen and oxygen atoms in total. The number of hydrogen-bond acceptors (Lipinski definition) is 7. The molecule has 0 aromatic heterocycles. The van der Waals surface area contributed by atoms with Crippen molar-refractivity contribution in [2.24, 2.45) is 0 Å². The standard InChI is InChI=1S/C47H90NO8P/c1-6-8-10-12-14-16-18-20-22-24-26-27-29-31-33-35-37-39-46(49)53-43-45(44-55-57(51,52)54-42-41-48(3,4)5)56-47(50)40-38-36-34-32-30-28-25-23-21-19-17-15-13-11-9-7-2/h17,19,23,25,45H,6-16,18,20-22,24,26-44H2,1-5H3/p+1/b19-17-,25-23-. The lowest BCUT2D eigenvalue weighted by Crippen LogP contribution is -2.37. The van der Waals surface area contributed by atoms with Gasteiger partial charge >= 0.3 is 19.8 Å². The first-order valence-electron chi connectivity index (χ1n) is 23.6. The van der Waals surface area contributed by atoms with Gasteiger partial charge in [0.15, 0.2) is 6.10 Å². The van der Waals surface area contributed by atoms with Gasteiger partial charge in [-0.2, -0.15) is 0 Å². The van der Waals surface area contributed by atoms with Crippen LogP contribution in [0.4, 0.5) is 0 Å². The number of unbranched alkanes of at least 4 members (excludes halogenated alkanes) is 25. The van der Waals surface area contributed by atoms with Crippen LogP contribution in [0.15, 0.2) is 24.3 Å². The van der Waals surface area contributed by atoms with E-state index in [-0.39, 0.29) is 25.6 Å². The van der Waals surface area contributed by atoms with Crippen molar-refractivity contribution in [2.45, 2.75) is 219 Å². The lowest BCUT2D eigenvalue weighted by molar-refractivity contribution is -0.870. The summed E-state index contributed by atoms with van der Waals surface area (Å²) in [5.41, 5.74) is 0. The summed E-state index contributed by atoms with van der Waals surface area (Å²) in [5, 5.41) is 0. The normalized spacial score (nSPS) is 13.7. The van der Waals surface area contributed by atoms with Gasteiger partial charge in [0, 0.05) is 12.8 Å². The third-order valence-corrected chi connectivity index (χ3v) is 11.2. The molecule has 0 aromatic carbocycles. The Kier molecular flexibility index (Phi) is 38.9. The quantitative estimate of drug-likeness (QED) is 0.0213. The van der Waals surface area contributed by atoms with Crippen molar-refractivity contribution >= 4 is 19.8 Å². The molecule has 2 atom stereocenters. The van der Waals surface area contributed by atoms with Crippen molar-refractivity contribution < 1.29 is 42.1 Å². The van der Waals surface area contributed by atoms with Gasteiger partial charge in [0.05, 0.1) is 27.7 Å². The third-order valence-electron chi connectivity index (χ3n) is 10.2. The lowest BCUT2D eigenvalue weighted by atomic mass is 10.0. The molecule has 336 valence electrons. The number of phosphoric acid groups is 1. The van der Waals surface area contributed by atoms with Crippen molar-refractivity contribution in [3.63, 3.8) is 0 Å². The third kappa shape index (κ3) is 43.9. The molecule has 0 fully saturated rings. The fourth-order valence-corrected chi connectivity index (χ4v) is 7.26. The maximum Gasteiger partial charge on any atom is 0.472 e. The van der Waals surface area contributed by atoms with E-state index in [1.807, 2.05) is 21.1 Å². The van der Waals surface area contributed by atoms with Gasteiger partial charge in [-0.3, -0.25) is 18.6 Å². The number of nitrogens with zero attached hydrogens (tertiary/aromatic N) is 1. The monoisotopic (exact) mass is 829 g/mol. The van der Waals surface area contributed by atoms with Crippen LogP contribution in [0.25, 0.3) is 0 Å². The molecule has 0 bridgehead atoms. The Morgan fingerprint density at radius 2 is 0.947 bits per heavy atom. The van der Waals surface area contributed by atoms with Crippen LogP contribution in [-0.4, -0.2) is 74.9 Å². The van der Waals surface area contributed by atoms with Crippen LogP contribution in [0.1, 0.15) is 213 Å². The minimum absolute atomic E-state index is 0.0307. The van der Waals surface area contributed by atoms with Gasteiger partial charge in [-0.25, -0.2) is 4.57 Å². The molecule has 0 saturated carbocycles. The zero-order chi connectivity index (χ0) is 42.1. The maximum atomic E-state index is 12.7. The number of rotatable bonds is 43. The lowest BCUT2D eigenvalue weighted by Gasteiger charge is -2.24. The highest BCUT2D eigenvalue weighted by atomic mass is 31.2. The summed E-state index contributed by atoms with van der Waals surface area (Å²) in [5.74, 6) is -0.805. The fraction of sp³-hybridized carbons (Fsp3) is 0.872. The Morgan fingerprint density at radius 1 is 0.544 bits per heavy atom. The molecule has 1 N–H and O–H groups in total. The van der Waals surface area contributed by atoms with Crippen LogP contribution >= 0.6 is 7.82 Å². The van der Waals surface area contributed by atoms with Gasteiger partial charge in [-0.15, -0.1) is 0 Å². The van der Waals surface area contributed by atoms with Crippen molar-refractivity contribution in [3.05, 3.63) is 24.3 Å². The molecular weight excluding hydrogens is 737 g/mol. The number of carbonyl (C=O) groups excluding carboxylic acids is 2. The number of phosphoric ester groups is 1. The second-order valence-electron chi connectivity index (χ2n) is 17.1. The largest absolute Gasteiger partial charge is 0.472 e. The zero-order valence-corrected chi connectivity index (χ0v) is 38.7. The summed E-state index contributed by atoms with van der Waals surface area (Å²) in [4.78, 5) is 35.4. The first kappa shape index (κ1) is 55.5. The van der Waals surface area contributed by atoms with Gasteiger partial charge in [-0.05, 0) is 44.9 Å². The molecule has 0 aliphatic rings. The second-order valence-corrected chi connectivity index (χ2v) is 18.6. The van der Waals surface area contributed by atoms with Crippen LogP contribution in [0, 0.1) is 0 Å². The summed E-state index contributed by atoms with van der Waals surface area (Å²) in [7, 11) is 1.47. The van der Waals surface area contributed by atoms with Gasteiger partial charge in [0.2, 0.25) is 0 Å². The van der Waals surface area contributed by atoms with Crippen LogP contribution in [0.5, 0.6) is 0 Å². The van der Waals surface area contributed by atoms with Gasteiger partial charge in [0.25, 0.3) is 0 Å². The molecule has 0 aliphatic carbocycles. The summed E-state index contributed by atoms with van der Waals surface area (Å²) < 4.78 is 34.4. The smallest absolute Gasteiger partial charge is 0.462 e. The van der Waals surface area contributed by atoms with E-state index >= 15 is 0 Å². The minimum Gasteiger partial charge on any atom is -0.462 e. The van der Waals surface area contributed by atoms with E-state index in [9.17, 15) is 19.0 Å². The highest BCUT2D eigenvalue weighted by molar-refractivity contribution is 7.47. The molecule has 0 rings (SSSR count). The van der Waals surface area contributed by atoms with E-state index in [1.165, 1.54) is 122 Å². The highest BCUT2D eigenvalue weighted by Crippen LogP contribution is 2.43. The molecule has 10 heteroatoms. The molecule has 0 heterocycles. The van der Waals surface area contributed by atoms with E-state index < -0.39 is 26.5 Å². The summed E-state index contributed by atoms with van der Waals surface area (Å²) in [6, 6.07) is 0. The van der Waals surface area contributed by atoms with Crippen LogP contribution in [0.3, 0.4) is 0 Å². The number of ether oxygens (including phenoxy) is 2. The van der Waals surface area contributed by atoms with Crippen molar-refractivity contribution in [3.8, 4) is 0 Å². The number of quaternary nitrogens is 1. The van der Waals surface area contributed by atoms with Crippen molar-refractivity contribution in [1.29, 1.82) is 0 Å². The Bertz CT molecular complexity index is 1030. The van der Waals surface area contributed by atoms with E-state index in [2.05, 4.69) is 38.2 Å². The Hall–Kier alpha value is -1.51. The number of hydrogen-bond donors (Lipinski definition) is 1. The van der Waals surface area contributed by atoms with Crippen LogP contribution < -0.4 is 0 Å². The van der Waals surface area contributed by atoms with Crippen molar-refractivity contribution in [1.82, 2.24) is 0 Å². The molecule has 0 aliphatic heterocycles. The van der Waals surface area contributed by atoms with E-state index in [1.54, 1.807) is 0 Å². The molecule has 2 unspecified atom stereocenters. The summed E-state index contributed by atoms with van der Waals surface area (Å²) in [6.07, 6.45) is 43.6. The Morgan fingerprint density at radius 3 is 1.40 bits per heavy atom. The molecular formula is C47H91NO8P+. The van der Waals surface area contributed by atoms with Gasteiger partial charge in [0.1, 0.15) is 19.8 Å². The Balaban J connectivity index is 4.31. The molecule has 0 radical (unpaired) electrons. The van der Waals surface area contributed by atoms with E-state index in [4.69, 9.17) is 18.5 Å². The van der Waals surface area contributed by atoms with E-state index in [0.717, 1.165) is 57.8 Å². The van der Waals surface area contributed by atoms with E-state index in [0.29, 0.717) is 23.9 Å². The molecule has 0 spiro atoms. The van der Waals surface area contributed by atoms with Crippen molar-refractivity contribution in [2.75, 3.05) is 47.5 Å². The Labute approximate surface area is 351 Å². The predicted octanol–water partition coefficient (Wildman–Crippen LogP) is 13.5. The van der Waals surface area contributed by atoms with Crippen LogP contribution in [0.2, 0.25) is 0 Å². The fourth-order valence-electron chi connectivity index (χ4n) is 6.52. The topological polar surface area (TPSA) is 108 Å². The van der Waals surface area contributed by atoms with Gasteiger partial charge < -0.3 is 18.9 Å². The summed E-state index contributed by atoms with van der Waals surface area (Å²) in [6.45, 7) is 4.41. The number of likely N-dealkylation sites (N-methyl/N-ethyl adjacent to an activating group) is 1. The zero-order valence-electron chi connectivity index (χ0n) is 37.8. The number of esters is 2. The average Bonchev–Trinajstić information content (AvgIpc) is 3.16. The summed E-state index contributed by atoms with van der Waals surface area (Å²) >= 11 is 0. The minimum atomic E-state index is -4.38. The first-order valence-corrected chi connectivity index (χ1v) is 25.1. The molecule has 0 aromatic rings. The molecule has 57 heavy (non-hydrogen) atoms. The average molecular weight is 829 g/mol.